The molecule has 1 aromatic carbocycles. The van der Waals surface area contributed by atoms with Crippen molar-refractivity contribution in [1.82, 2.24) is 19.5 Å². The van der Waals surface area contributed by atoms with Crippen LogP contribution in [0.4, 0.5) is 5.82 Å². The van der Waals surface area contributed by atoms with Crippen LogP contribution in [0.2, 0.25) is 0 Å². The Hall–Kier alpha value is -3.33. The molecular formula is C20H21N5O3. The number of aromatic nitrogens is 4. The predicted octanol–water partition coefficient (Wildman–Crippen LogP) is 2.18. The largest absolute Gasteiger partial charge is 0.383 e. The van der Waals surface area contributed by atoms with Crippen LogP contribution in [0.3, 0.4) is 0 Å². The van der Waals surface area contributed by atoms with E-state index in [-0.39, 0.29) is 5.56 Å². The Balaban J connectivity index is 0.00000109. The van der Waals surface area contributed by atoms with Crippen molar-refractivity contribution in [2.24, 2.45) is 0 Å². The van der Waals surface area contributed by atoms with Crippen molar-refractivity contribution < 1.29 is 15.3 Å². The quantitative estimate of drug-likeness (QED) is 0.401. The van der Waals surface area contributed by atoms with E-state index in [0.717, 1.165) is 0 Å². The SMILES string of the molecule is CC.Nc1ncccc1-c1nc2cccnc2n1-c1ccc(C(O)(O)O)cc1. The zero-order valence-electron chi connectivity index (χ0n) is 15.5. The second-order valence-corrected chi connectivity index (χ2v) is 5.74. The van der Waals surface area contributed by atoms with Gasteiger partial charge in [0.2, 0.25) is 0 Å². The Kier molecular flexibility index (Phi) is 5.36. The summed E-state index contributed by atoms with van der Waals surface area (Å²) in [6.07, 6.45) is 3.26. The number of nitrogen functional groups attached to an aromatic ring is 1. The lowest BCUT2D eigenvalue weighted by atomic mass is 10.1. The van der Waals surface area contributed by atoms with Crippen LogP contribution in [0.5, 0.6) is 0 Å². The molecule has 0 atom stereocenters. The molecule has 0 spiro atoms. The number of benzene rings is 1. The van der Waals surface area contributed by atoms with Gasteiger partial charge in [-0.1, -0.05) is 13.8 Å². The first kappa shape index (κ1) is 19.4. The maximum absolute atomic E-state index is 9.31. The number of hydrogen-bond acceptors (Lipinski definition) is 7. The second kappa shape index (κ2) is 7.73. The summed E-state index contributed by atoms with van der Waals surface area (Å²) >= 11 is 0. The Labute approximate surface area is 161 Å². The number of imidazole rings is 1. The van der Waals surface area contributed by atoms with Gasteiger partial charge in [0, 0.05) is 23.6 Å². The van der Waals surface area contributed by atoms with Gasteiger partial charge < -0.3 is 21.1 Å². The van der Waals surface area contributed by atoms with Crippen LogP contribution < -0.4 is 5.73 Å². The fraction of sp³-hybridized carbons (Fsp3) is 0.150. The van der Waals surface area contributed by atoms with E-state index in [9.17, 15) is 15.3 Å². The van der Waals surface area contributed by atoms with Crippen molar-refractivity contribution in [3.63, 3.8) is 0 Å². The van der Waals surface area contributed by atoms with Gasteiger partial charge in [-0.15, -0.1) is 0 Å². The van der Waals surface area contributed by atoms with Crippen molar-refractivity contribution in [2.45, 2.75) is 19.8 Å². The van der Waals surface area contributed by atoms with E-state index in [4.69, 9.17) is 5.73 Å². The van der Waals surface area contributed by atoms with Gasteiger partial charge in [0.05, 0.1) is 5.56 Å². The summed E-state index contributed by atoms with van der Waals surface area (Å²) < 4.78 is 1.79. The van der Waals surface area contributed by atoms with E-state index in [0.29, 0.717) is 34.1 Å². The van der Waals surface area contributed by atoms with Gasteiger partial charge in [-0.2, -0.15) is 0 Å². The van der Waals surface area contributed by atoms with Crippen LogP contribution in [0.15, 0.2) is 60.9 Å². The molecule has 8 nitrogen and oxygen atoms in total. The van der Waals surface area contributed by atoms with E-state index in [1.807, 2.05) is 26.0 Å². The Morgan fingerprint density at radius 1 is 0.893 bits per heavy atom. The van der Waals surface area contributed by atoms with Crippen molar-refractivity contribution in [1.29, 1.82) is 0 Å². The molecule has 0 amide bonds. The lowest BCUT2D eigenvalue weighted by Crippen LogP contribution is -2.23. The summed E-state index contributed by atoms with van der Waals surface area (Å²) in [6, 6.07) is 13.3. The average Bonchev–Trinajstić information content (AvgIpc) is 3.08. The first-order valence-electron chi connectivity index (χ1n) is 8.77. The summed E-state index contributed by atoms with van der Waals surface area (Å²) in [5.41, 5.74) is 8.57. The van der Waals surface area contributed by atoms with E-state index in [1.165, 1.54) is 12.1 Å². The zero-order valence-corrected chi connectivity index (χ0v) is 15.5. The number of pyridine rings is 2. The van der Waals surface area contributed by atoms with Crippen molar-refractivity contribution in [3.05, 3.63) is 66.5 Å². The number of anilines is 1. The number of fused-ring (bicyclic) bond motifs is 1. The van der Waals surface area contributed by atoms with Gasteiger partial charge in [0.1, 0.15) is 11.3 Å². The Bertz CT molecular complexity index is 1090. The van der Waals surface area contributed by atoms with Crippen molar-refractivity contribution in [3.8, 4) is 17.1 Å². The Morgan fingerprint density at radius 3 is 2.18 bits per heavy atom. The maximum atomic E-state index is 9.31. The van der Waals surface area contributed by atoms with E-state index < -0.39 is 5.97 Å². The highest BCUT2D eigenvalue weighted by Crippen LogP contribution is 2.30. The van der Waals surface area contributed by atoms with Gasteiger partial charge in [0.15, 0.2) is 11.5 Å². The zero-order chi connectivity index (χ0) is 20.3. The lowest BCUT2D eigenvalue weighted by molar-refractivity contribution is -0.323. The normalized spacial score (nSPS) is 11.2. The molecule has 0 fully saturated rings. The molecule has 28 heavy (non-hydrogen) atoms. The molecule has 3 aromatic heterocycles. The molecule has 144 valence electrons. The summed E-state index contributed by atoms with van der Waals surface area (Å²) in [5.74, 6) is -2.01. The van der Waals surface area contributed by atoms with Gasteiger partial charge in [-0.05, 0) is 48.5 Å². The minimum atomic E-state index is -2.90. The smallest absolute Gasteiger partial charge is 0.304 e. The highest BCUT2D eigenvalue weighted by Gasteiger charge is 2.22. The highest BCUT2D eigenvalue weighted by molar-refractivity contribution is 5.82. The third-order valence-corrected chi connectivity index (χ3v) is 4.01. The van der Waals surface area contributed by atoms with Crippen molar-refractivity contribution >= 4 is 17.0 Å². The van der Waals surface area contributed by atoms with Gasteiger partial charge in [-0.3, -0.25) is 4.57 Å². The number of nitrogens with zero attached hydrogens (tertiary/aromatic N) is 4. The first-order valence-corrected chi connectivity index (χ1v) is 8.77. The number of rotatable bonds is 3. The fourth-order valence-electron chi connectivity index (χ4n) is 2.78. The minimum absolute atomic E-state index is 0.0546. The molecule has 0 saturated carbocycles. The second-order valence-electron chi connectivity index (χ2n) is 5.74. The minimum Gasteiger partial charge on any atom is -0.383 e. The van der Waals surface area contributed by atoms with Crippen LogP contribution in [0.1, 0.15) is 19.4 Å². The van der Waals surface area contributed by atoms with Crippen LogP contribution in [-0.4, -0.2) is 34.8 Å². The number of hydrogen-bond donors (Lipinski definition) is 4. The van der Waals surface area contributed by atoms with E-state index >= 15 is 0 Å². The summed E-state index contributed by atoms with van der Waals surface area (Å²) in [5, 5.41) is 27.9. The van der Waals surface area contributed by atoms with E-state index in [1.54, 1.807) is 41.2 Å². The molecule has 0 saturated heterocycles. The fourth-order valence-corrected chi connectivity index (χ4v) is 2.78. The predicted molar refractivity (Wildman–Crippen MR) is 106 cm³/mol. The molecule has 4 rings (SSSR count). The average molecular weight is 379 g/mol. The molecule has 4 aromatic rings. The molecule has 5 N–H and O–H groups in total. The molecule has 3 heterocycles. The number of aliphatic hydroxyl groups is 3. The molecular weight excluding hydrogens is 358 g/mol. The maximum Gasteiger partial charge on any atom is 0.304 e. The van der Waals surface area contributed by atoms with Gasteiger partial charge >= 0.3 is 5.97 Å². The van der Waals surface area contributed by atoms with Gasteiger partial charge in [0.25, 0.3) is 0 Å². The summed E-state index contributed by atoms with van der Waals surface area (Å²) in [7, 11) is 0. The molecule has 8 heteroatoms. The van der Waals surface area contributed by atoms with E-state index in [2.05, 4.69) is 15.0 Å². The Morgan fingerprint density at radius 2 is 1.54 bits per heavy atom. The summed E-state index contributed by atoms with van der Waals surface area (Å²) in [4.78, 5) is 13.1. The third kappa shape index (κ3) is 3.56. The van der Waals surface area contributed by atoms with Gasteiger partial charge in [-0.25, -0.2) is 15.0 Å². The van der Waals surface area contributed by atoms with Crippen LogP contribution in [0, 0.1) is 0 Å². The molecule has 0 aliphatic rings. The highest BCUT2D eigenvalue weighted by atomic mass is 16.7. The standard InChI is InChI=1S/C18H15N5O3.C2H6/c19-15-13(3-1-9-20-15)16-22-14-4-2-10-21-17(14)23(16)12-7-5-11(6-8-12)18(24,25)26;1-2/h1-10,24-26H,(H2,19,20);1-2H3. The summed E-state index contributed by atoms with van der Waals surface area (Å²) in [6.45, 7) is 4.00. The molecule has 0 unspecified atom stereocenters. The molecule has 0 bridgehead atoms. The molecule has 0 aliphatic carbocycles. The molecule has 0 radical (unpaired) electrons. The first-order chi connectivity index (χ1) is 13.4. The van der Waals surface area contributed by atoms with Crippen LogP contribution in [0.25, 0.3) is 28.2 Å². The molecule has 0 aliphatic heterocycles. The van der Waals surface area contributed by atoms with Crippen LogP contribution >= 0.6 is 0 Å². The monoisotopic (exact) mass is 379 g/mol. The van der Waals surface area contributed by atoms with Crippen LogP contribution in [-0.2, 0) is 5.97 Å². The number of nitrogens with two attached hydrogens (primary N) is 1. The topological polar surface area (TPSA) is 130 Å². The van der Waals surface area contributed by atoms with Crippen molar-refractivity contribution in [2.75, 3.05) is 5.73 Å². The third-order valence-electron chi connectivity index (χ3n) is 4.01. The lowest BCUT2D eigenvalue weighted by Gasteiger charge is -2.15.